The highest BCUT2D eigenvalue weighted by atomic mass is 16.5. The maximum Gasteiger partial charge on any atom is 0.318 e. The van der Waals surface area contributed by atoms with Crippen LogP contribution in [0.3, 0.4) is 0 Å². The van der Waals surface area contributed by atoms with E-state index in [-0.39, 0.29) is 18.1 Å². The van der Waals surface area contributed by atoms with E-state index in [1.54, 1.807) is 0 Å². The first kappa shape index (κ1) is 16.1. The maximum atomic E-state index is 12.5. The third kappa shape index (κ3) is 3.78. The zero-order valence-electron chi connectivity index (χ0n) is 14.1. The van der Waals surface area contributed by atoms with Crippen LogP contribution in [0.2, 0.25) is 0 Å². The molecule has 0 radical (unpaired) electrons. The van der Waals surface area contributed by atoms with E-state index in [9.17, 15) is 4.79 Å². The Hall–Kier alpha value is -1.75. The smallest absolute Gasteiger partial charge is 0.318 e. The standard InChI is InChI=1S/C18H27N3O2/c1-14-13-23-11-10-21(14)18(22)19-15(2)16-6-5-7-17(12-16)20-8-3-4-9-20/h5-7,12,14-15H,3-4,8-11,13H2,1-2H3,(H,19,22)/t14-,15+/m0/s1. The number of urea groups is 1. The van der Waals surface area contributed by atoms with E-state index in [0.29, 0.717) is 19.8 Å². The zero-order chi connectivity index (χ0) is 16.2. The Morgan fingerprint density at radius 2 is 2.09 bits per heavy atom. The van der Waals surface area contributed by atoms with E-state index in [0.717, 1.165) is 18.7 Å². The van der Waals surface area contributed by atoms with Gasteiger partial charge in [-0.15, -0.1) is 0 Å². The van der Waals surface area contributed by atoms with Gasteiger partial charge in [-0.1, -0.05) is 12.1 Å². The van der Waals surface area contributed by atoms with Crippen molar-refractivity contribution in [2.24, 2.45) is 0 Å². The first-order valence-corrected chi connectivity index (χ1v) is 8.65. The van der Waals surface area contributed by atoms with Crippen molar-refractivity contribution in [1.29, 1.82) is 0 Å². The number of nitrogens with one attached hydrogen (secondary N) is 1. The SMILES string of the molecule is C[C@@H](NC(=O)N1CCOC[C@@H]1C)c1cccc(N2CCCC2)c1. The number of carbonyl (C=O) groups is 1. The van der Waals surface area contributed by atoms with Crippen LogP contribution in [0.15, 0.2) is 24.3 Å². The van der Waals surface area contributed by atoms with Crippen molar-refractivity contribution in [2.45, 2.75) is 38.8 Å². The summed E-state index contributed by atoms with van der Waals surface area (Å²) in [6.07, 6.45) is 2.54. The lowest BCUT2D eigenvalue weighted by Crippen LogP contribution is -2.51. The van der Waals surface area contributed by atoms with Crippen molar-refractivity contribution in [1.82, 2.24) is 10.2 Å². The molecule has 0 saturated carbocycles. The summed E-state index contributed by atoms with van der Waals surface area (Å²) in [5.74, 6) is 0. The molecule has 1 N–H and O–H groups in total. The molecule has 2 aliphatic rings. The number of nitrogens with zero attached hydrogens (tertiary/aromatic N) is 2. The fraction of sp³-hybridized carbons (Fsp3) is 0.611. The Labute approximate surface area is 138 Å². The molecule has 2 heterocycles. The lowest BCUT2D eigenvalue weighted by Gasteiger charge is -2.34. The van der Waals surface area contributed by atoms with E-state index >= 15 is 0 Å². The van der Waals surface area contributed by atoms with Crippen molar-refractivity contribution >= 4 is 11.7 Å². The van der Waals surface area contributed by atoms with Crippen molar-refractivity contribution in [2.75, 3.05) is 37.7 Å². The molecule has 5 nitrogen and oxygen atoms in total. The summed E-state index contributed by atoms with van der Waals surface area (Å²) in [7, 11) is 0. The van der Waals surface area contributed by atoms with Crippen molar-refractivity contribution in [3.63, 3.8) is 0 Å². The van der Waals surface area contributed by atoms with Crippen LogP contribution in [-0.2, 0) is 4.74 Å². The van der Waals surface area contributed by atoms with E-state index in [1.807, 2.05) is 18.7 Å². The number of benzene rings is 1. The van der Waals surface area contributed by atoms with E-state index in [2.05, 4.69) is 34.5 Å². The second-order valence-electron chi connectivity index (χ2n) is 6.58. The third-order valence-corrected chi connectivity index (χ3v) is 4.81. The van der Waals surface area contributed by atoms with Gasteiger partial charge in [-0.05, 0) is 44.4 Å². The molecule has 0 bridgehead atoms. The minimum absolute atomic E-state index is 0.0000907. The molecule has 0 unspecified atom stereocenters. The van der Waals surface area contributed by atoms with Gasteiger partial charge in [0.25, 0.3) is 0 Å². The highest BCUT2D eigenvalue weighted by Gasteiger charge is 2.25. The molecule has 2 saturated heterocycles. The second kappa shape index (κ2) is 7.21. The highest BCUT2D eigenvalue weighted by molar-refractivity contribution is 5.75. The third-order valence-electron chi connectivity index (χ3n) is 4.81. The number of hydrogen-bond donors (Lipinski definition) is 1. The second-order valence-corrected chi connectivity index (χ2v) is 6.58. The summed E-state index contributed by atoms with van der Waals surface area (Å²) in [6, 6.07) is 8.68. The van der Waals surface area contributed by atoms with Crippen LogP contribution in [0.25, 0.3) is 0 Å². The fourth-order valence-electron chi connectivity index (χ4n) is 3.35. The van der Waals surface area contributed by atoms with Gasteiger partial charge in [0.15, 0.2) is 0 Å². The summed E-state index contributed by atoms with van der Waals surface area (Å²) in [5, 5.41) is 3.13. The number of rotatable bonds is 3. The Balaban J connectivity index is 1.64. The predicted molar refractivity (Wildman–Crippen MR) is 91.8 cm³/mol. The molecule has 2 aliphatic heterocycles. The average molecular weight is 317 g/mol. The van der Waals surface area contributed by atoms with Crippen molar-refractivity contribution < 1.29 is 9.53 Å². The number of anilines is 1. The molecule has 126 valence electrons. The van der Waals surface area contributed by atoms with Gasteiger partial charge in [-0.2, -0.15) is 0 Å². The largest absolute Gasteiger partial charge is 0.377 e. The average Bonchev–Trinajstić information content (AvgIpc) is 3.10. The number of hydrogen-bond acceptors (Lipinski definition) is 3. The first-order valence-electron chi connectivity index (χ1n) is 8.65. The van der Waals surface area contributed by atoms with Crippen molar-refractivity contribution in [3.05, 3.63) is 29.8 Å². The molecule has 2 amide bonds. The molecule has 3 rings (SSSR count). The molecule has 1 aromatic carbocycles. The van der Waals surface area contributed by atoms with Gasteiger partial charge in [0, 0.05) is 25.3 Å². The number of morpholine rings is 1. The Morgan fingerprint density at radius 3 is 2.83 bits per heavy atom. The lowest BCUT2D eigenvalue weighted by atomic mass is 10.1. The van der Waals surface area contributed by atoms with Crippen LogP contribution >= 0.6 is 0 Å². The maximum absolute atomic E-state index is 12.5. The molecule has 2 atom stereocenters. The molecular formula is C18H27N3O2. The quantitative estimate of drug-likeness (QED) is 0.932. The minimum Gasteiger partial charge on any atom is -0.377 e. The minimum atomic E-state index is -0.000115. The molecule has 0 aliphatic carbocycles. The normalized spacial score (nSPS) is 23.0. The Bertz CT molecular complexity index is 543. The molecule has 5 heteroatoms. The molecule has 1 aromatic rings. The van der Waals surface area contributed by atoms with Gasteiger partial charge in [0.05, 0.1) is 25.3 Å². The summed E-state index contributed by atoms with van der Waals surface area (Å²) >= 11 is 0. The van der Waals surface area contributed by atoms with Gasteiger partial charge in [0.2, 0.25) is 0 Å². The van der Waals surface area contributed by atoms with Gasteiger partial charge in [-0.3, -0.25) is 0 Å². The van der Waals surface area contributed by atoms with E-state index < -0.39 is 0 Å². The van der Waals surface area contributed by atoms with Gasteiger partial charge < -0.3 is 19.9 Å². The van der Waals surface area contributed by atoms with Crippen LogP contribution in [0.4, 0.5) is 10.5 Å². The Kier molecular flexibility index (Phi) is 5.06. The van der Waals surface area contributed by atoms with Crippen LogP contribution in [0.5, 0.6) is 0 Å². The molecule has 23 heavy (non-hydrogen) atoms. The summed E-state index contributed by atoms with van der Waals surface area (Å²) in [6.45, 7) is 8.24. The van der Waals surface area contributed by atoms with Gasteiger partial charge in [-0.25, -0.2) is 4.79 Å². The first-order chi connectivity index (χ1) is 11.1. The number of carbonyl (C=O) groups excluding carboxylic acids is 1. The van der Waals surface area contributed by atoms with Crippen LogP contribution in [-0.4, -0.2) is 49.8 Å². The number of amides is 2. The summed E-state index contributed by atoms with van der Waals surface area (Å²) < 4.78 is 5.40. The van der Waals surface area contributed by atoms with Crippen molar-refractivity contribution in [3.8, 4) is 0 Å². The monoisotopic (exact) mass is 317 g/mol. The fourth-order valence-corrected chi connectivity index (χ4v) is 3.35. The van der Waals surface area contributed by atoms with E-state index in [1.165, 1.54) is 18.5 Å². The highest BCUT2D eigenvalue weighted by Crippen LogP contribution is 2.24. The molecule has 0 spiro atoms. The van der Waals surface area contributed by atoms with Gasteiger partial charge in [0.1, 0.15) is 0 Å². The van der Waals surface area contributed by atoms with Crippen LogP contribution < -0.4 is 10.2 Å². The summed E-state index contributed by atoms with van der Waals surface area (Å²) in [5.41, 5.74) is 2.42. The summed E-state index contributed by atoms with van der Waals surface area (Å²) in [4.78, 5) is 16.8. The topological polar surface area (TPSA) is 44.8 Å². The lowest BCUT2D eigenvalue weighted by molar-refractivity contribution is 0.0185. The molecular weight excluding hydrogens is 290 g/mol. The molecule has 0 aromatic heterocycles. The van der Waals surface area contributed by atoms with Gasteiger partial charge >= 0.3 is 6.03 Å². The molecule has 2 fully saturated rings. The number of ether oxygens (including phenoxy) is 1. The van der Waals surface area contributed by atoms with E-state index in [4.69, 9.17) is 4.74 Å². The predicted octanol–water partition coefficient (Wildman–Crippen LogP) is 2.78. The Morgan fingerprint density at radius 1 is 1.30 bits per heavy atom. The van der Waals surface area contributed by atoms with Crippen LogP contribution in [0.1, 0.15) is 38.3 Å². The van der Waals surface area contributed by atoms with Crippen LogP contribution in [0, 0.1) is 0 Å². The zero-order valence-corrected chi connectivity index (χ0v) is 14.1.